The maximum atomic E-state index is 13.7. The molecule has 5 rings (SSSR count). The van der Waals surface area contributed by atoms with Gasteiger partial charge in [0.05, 0.1) is 30.7 Å². The van der Waals surface area contributed by atoms with Crippen molar-refractivity contribution in [2.75, 3.05) is 18.6 Å². The maximum absolute atomic E-state index is 13.7. The first-order chi connectivity index (χ1) is 16.0. The number of hydrogen-bond acceptors (Lipinski definition) is 5. The summed E-state index contributed by atoms with van der Waals surface area (Å²) < 4.78 is 17.0. The molecule has 1 atom stereocenters. The summed E-state index contributed by atoms with van der Waals surface area (Å²) in [5.41, 5.74) is 2.88. The summed E-state index contributed by atoms with van der Waals surface area (Å²) in [5.74, 6) is 1.04. The van der Waals surface area contributed by atoms with E-state index in [1.165, 1.54) is 0 Å². The number of methoxy groups -OCH3 is 1. The average molecular weight is 441 g/mol. The average Bonchev–Trinajstić information content (AvgIpc) is 3.13. The molecule has 3 aromatic carbocycles. The van der Waals surface area contributed by atoms with Gasteiger partial charge >= 0.3 is 0 Å². The van der Waals surface area contributed by atoms with Gasteiger partial charge in [0.15, 0.2) is 5.43 Å². The van der Waals surface area contributed by atoms with E-state index in [2.05, 4.69) is 0 Å². The van der Waals surface area contributed by atoms with Crippen molar-refractivity contribution in [2.24, 2.45) is 0 Å². The highest BCUT2D eigenvalue weighted by Crippen LogP contribution is 2.42. The molecular weight excluding hydrogens is 418 g/mol. The molecule has 33 heavy (non-hydrogen) atoms. The number of anilines is 1. The number of carbonyl (C=O) groups is 1. The lowest BCUT2D eigenvalue weighted by molar-refractivity contribution is 0.0971. The molecule has 4 aromatic rings. The van der Waals surface area contributed by atoms with Crippen molar-refractivity contribution in [2.45, 2.75) is 19.9 Å². The molecule has 1 unspecified atom stereocenters. The Hall–Kier alpha value is -4.06. The van der Waals surface area contributed by atoms with Gasteiger partial charge in [-0.25, -0.2) is 0 Å². The predicted molar refractivity (Wildman–Crippen MR) is 126 cm³/mol. The van der Waals surface area contributed by atoms with Crippen molar-refractivity contribution in [3.8, 4) is 11.5 Å². The van der Waals surface area contributed by atoms with E-state index < -0.39 is 6.04 Å². The van der Waals surface area contributed by atoms with Crippen LogP contribution in [-0.4, -0.2) is 19.6 Å². The van der Waals surface area contributed by atoms with Gasteiger partial charge in [0.25, 0.3) is 5.91 Å². The number of hydrogen-bond donors (Lipinski definition) is 0. The Morgan fingerprint density at radius 3 is 2.48 bits per heavy atom. The Labute approximate surface area is 191 Å². The van der Waals surface area contributed by atoms with E-state index in [1.807, 2.05) is 62.4 Å². The molecule has 2 heterocycles. The maximum Gasteiger partial charge on any atom is 0.295 e. The minimum absolute atomic E-state index is 0.0676. The predicted octanol–water partition coefficient (Wildman–Crippen LogP) is 5.26. The number of nitrogens with zero attached hydrogens (tertiary/aromatic N) is 1. The van der Waals surface area contributed by atoms with Crippen LogP contribution in [0.15, 0.2) is 75.9 Å². The second-order valence-electron chi connectivity index (χ2n) is 7.95. The molecule has 6 nitrogen and oxygen atoms in total. The second-order valence-corrected chi connectivity index (χ2v) is 7.95. The normalized spacial score (nSPS) is 15.1. The van der Waals surface area contributed by atoms with Crippen LogP contribution >= 0.6 is 0 Å². The SMILES string of the molecule is CCOc1ccc(C2c3c(oc4ccc(C)cc4c3=O)C(=O)N2c2cccc(OC)c2)cc1. The molecule has 0 spiro atoms. The highest BCUT2D eigenvalue weighted by Gasteiger charge is 2.43. The summed E-state index contributed by atoms with van der Waals surface area (Å²) >= 11 is 0. The first kappa shape index (κ1) is 20.8. The Balaban J connectivity index is 1.76. The van der Waals surface area contributed by atoms with Crippen molar-refractivity contribution < 1.29 is 18.7 Å². The van der Waals surface area contributed by atoms with Crippen molar-refractivity contribution in [3.63, 3.8) is 0 Å². The van der Waals surface area contributed by atoms with Crippen LogP contribution in [0, 0.1) is 6.92 Å². The molecule has 1 aliphatic rings. The van der Waals surface area contributed by atoms with E-state index in [4.69, 9.17) is 13.9 Å². The lowest BCUT2D eigenvalue weighted by atomic mass is 9.97. The van der Waals surface area contributed by atoms with Crippen LogP contribution in [0.3, 0.4) is 0 Å². The number of ether oxygens (including phenoxy) is 2. The van der Waals surface area contributed by atoms with Crippen molar-refractivity contribution in [1.29, 1.82) is 0 Å². The standard InChI is InChI=1S/C27H23NO5/c1-4-32-19-11-9-17(10-12-19)24-23-25(29)21-14-16(2)8-13-22(21)33-26(23)27(30)28(24)18-6-5-7-20(15-18)31-3/h5-15,24H,4H2,1-3H3. The first-order valence-electron chi connectivity index (χ1n) is 10.8. The Morgan fingerprint density at radius 2 is 1.76 bits per heavy atom. The van der Waals surface area contributed by atoms with Gasteiger partial charge in [-0.2, -0.15) is 0 Å². The summed E-state index contributed by atoms with van der Waals surface area (Å²) in [6, 6.07) is 19.4. The summed E-state index contributed by atoms with van der Waals surface area (Å²) in [6.07, 6.45) is 0. The van der Waals surface area contributed by atoms with Crippen molar-refractivity contribution in [1.82, 2.24) is 0 Å². The van der Waals surface area contributed by atoms with Gasteiger partial charge in [0.2, 0.25) is 5.76 Å². The first-order valence-corrected chi connectivity index (χ1v) is 10.8. The van der Waals surface area contributed by atoms with Gasteiger partial charge in [-0.05, 0) is 55.8 Å². The monoisotopic (exact) mass is 441 g/mol. The van der Waals surface area contributed by atoms with Crippen LogP contribution in [-0.2, 0) is 0 Å². The quantitative estimate of drug-likeness (QED) is 0.423. The Bertz CT molecular complexity index is 1420. The minimum Gasteiger partial charge on any atom is -0.497 e. The van der Waals surface area contributed by atoms with E-state index in [0.29, 0.717) is 34.6 Å². The number of benzene rings is 3. The molecule has 1 aliphatic heterocycles. The molecule has 0 N–H and O–H groups in total. The Kier molecular flexibility index (Phi) is 5.13. The molecule has 166 valence electrons. The van der Waals surface area contributed by atoms with Gasteiger partial charge in [-0.1, -0.05) is 29.8 Å². The lowest BCUT2D eigenvalue weighted by Crippen LogP contribution is -2.29. The summed E-state index contributed by atoms with van der Waals surface area (Å²) in [6.45, 7) is 4.39. The molecule has 0 saturated heterocycles. The van der Waals surface area contributed by atoms with Gasteiger partial charge in [-0.15, -0.1) is 0 Å². The summed E-state index contributed by atoms with van der Waals surface area (Å²) in [5, 5.41) is 0.463. The number of rotatable bonds is 5. The van der Waals surface area contributed by atoms with Gasteiger partial charge in [-0.3, -0.25) is 14.5 Å². The van der Waals surface area contributed by atoms with Crippen molar-refractivity contribution >= 4 is 22.6 Å². The minimum atomic E-state index is -0.642. The summed E-state index contributed by atoms with van der Waals surface area (Å²) in [4.78, 5) is 28.9. The fraction of sp³-hybridized carbons (Fsp3) is 0.185. The molecule has 0 bridgehead atoms. The van der Waals surface area contributed by atoms with Gasteiger partial charge in [0.1, 0.15) is 17.1 Å². The molecule has 0 aliphatic carbocycles. The van der Waals surface area contributed by atoms with Crippen LogP contribution in [0.5, 0.6) is 11.5 Å². The molecule has 6 heteroatoms. The summed E-state index contributed by atoms with van der Waals surface area (Å²) in [7, 11) is 1.57. The van der Waals surface area contributed by atoms with Crippen molar-refractivity contribution in [3.05, 3.63) is 99.4 Å². The lowest BCUT2D eigenvalue weighted by Gasteiger charge is -2.25. The van der Waals surface area contributed by atoms with Gasteiger partial charge < -0.3 is 13.9 Å². The molecule has 1 amide bonds. The largest absolute Gasteiger partial charge is 0.497 e. The molecule has 0 saturated carbocycles. The highest BCUT2D eigenvalue weighted by molar-refractivity contribution is 6.10. The number of carbonyl (C=O) groups excluding carboxylic acids is 1. The topological polar surface area (TPSA) is 69.0 Å². The Morgan fingerprint density at radius 1 is 0.970 bits per heavy atom. The van der Waals surface area contributed by atoms with Crippen LogP contribution in [0.25, 0.3) is 11.0 Å². The number of fused-ring (bicyclic) bond motifs is 2. The third-order valence-corrected chi connectivity index (χ3v) is 5.86. The molecule has 0 fully saturated rings. The van der Waals surface area contributed by atoms with E-state index in [-0.39, 0.29) is 17.1 Å². The fourth-order valence-corrected chi connectivity index (χ4v) is 4.34. The zero-order valence-corrected chi connectivity index (χ0v) is 18.6. The fourth-order valence-electron chi connectivity index (χ4n) is 4.34. The zero-order chi connectivity index (χ0) is 23.1. The van der Waals surface area contributed by atoms with Gasteiger partial charge in [0, 0.05) is 11.8 Å². The van der Waals surface area contributed by atoms with E-state index in [0.717, 1.165) is 16.9 Å². The highest BCUT2D eigenvalue weighted by atomic mass is 16.5. The van der Waals surface area contributed by atoms with E-state index >= 15 is 0 Å². The van der Waals surface area contributed by atoms with E-state index in [1.54, 1.807) is 30.2 Å². The van der Waals surface area contributed by atoms with Crippen LogP contribution < -0.4 is 19.8 Å². The smallest absolute Gasteiger partial charge is 0.295 e. The number of aryl methyl sites for hydroxylation is 1. The molecular formula is C27H23NO5. The van der Waals surface area contributed by atoms with E-state index in [9.17, 15) is 9.59 Å². The zero-order valence-electron chi connectivity index (χ0n) is 18.6. The third kappa shape index (κ3) is 3.44. The second kappa shape index (κ2) is 8.13. The third-order valence-electron chi connectivity index (χ3n) is 5.86. The molecule has 1 aromatic heterocycles. The molecule has 0 radical (unpaired) electrons. The van der Waals surface area contributed by atoms with Crippen LogP contribution in [0.4, 0.5) is 5.69 Å². The van der Waals surface area contributed by atoms with Crippen LogP contribution in [0.2, 0.25) is 0 Å². The van der Waals surface area contributed by atoms with Crippen LogP contribution in [0.1, 0.15) is 40.2 Å². The number of amides is 1.